The standard InChI is InChI=1S/C15H16N2O3.C14H15N3O3/c1-9-3-2-4-11-10(7-9)8-17(15(11)20)12-5-6-13(18)16-14(12)19;1-16-12(18)6-5-11(14(16)20)17-7-9-8(13(17)19)3-2-4-10(9)15/h2-4,7,9,12H,5-6,8H2,1H3,(H,16,18,19);2-4,11H,5-7,15H2,1H3. The predicted octanol–water partition coefficient (Wildman–Crippen LogP) is 1.06. The molecule has 0 bridgehead atoms. The normalized spacial score (nSPS) is 26.1. The first-order valence-electron chi connectivity index (χ1n) is 13.3. The summed E-state index contributed by atoms with van der Waals surface area (Å²) in [5, 5.41) is 2.30. The monoisotopic (exact) mass is 545 g/mol. The third-order valence-corrected chi connectivity index (χ3v) is 7.94. The molecule has 1 aromatic rings. The number of nitrogens with zero attached hydrogens (tertiary/aromatic N) is 3. The smallest absolute Gasteiger partial charge is 0.255 e. The van der Waals surface area contributed by atoms with Gasteiger partial charge in [0, 0.05) is 55.4 Å². The average molecular weight is 546 g/mol. The van der Waals surface area contributed by atoms with Crippen LogP contribution in [0.4, 0.5) is 5.69 Å². The van der Waals surface area contributed by atoms with Gasteiger partial charge in [-0.25, -0.2) is 0 Å². The summed E-state index contributed by atoms with van der Waals surface area (Å²) in [5.41, 5.74) is 9.40. The Morgan fingerprint density at radius 3 is 2.38 bits per heavy atom. The molecule has 0 radical (unpaired) electrons. The molecule has 6 rings (SSSR count). The van der Waals surface area contributed by atoms with Gasteiger partial charge in [-0.1, -0.05) is 31.2 Å². The molecule has 0 aromatic heterocycles. The number of nitrogen functional groups attached to an aromatic ring is 1. The Hall–Kier alpha value is -4.54. The van der Waals surface area contributed by atoms with Crippen molar-refractivity contribution in [3.63, 3.8) is 0 Å². The zero-order chi connectivity index (χ0) is 28.7. The van der Waals surface area contributed by atoms with Gasteiger partial charge in [-0.2, -0.15) is 0 Å². The van der Waals surface area contributed by atoms with E-state index in [1.54, 1.807) is 23.1 Å². The number of allylic oxidation sites excluding steroid dienone is 4. The van der Waals surface area contributed by atoms with Gasteiger partial charge in [0.1, 0.15) is 12.1 Å². The molecule has 3 atom stereocenters. The molecule has 3 saturated heterocycles. The zero-order valence-electron chi connectivity index (χ0n) is 22.4. The molecule has 4 aliphatic heterocycles. The summed E-state index contributed by atoms with van der Waals surface area (Å²) in [6.45, 7) is 2.83. The Bertz CT molecular complexity index is 1430. The van der Waals surface area contributed by atoms with Gasteiger partial charge in [0.05, 0.1) is 0 Å². The van der Waals surface area contributed by atoms with Gasteiger partial charge in [-0.15, -0.1) is 0 Å². The molecule has 208 valence electrons. The fraction of sp³-hybridized carbons (Fsp3) is 0.379. The number of nitrogens with one attached hydrogen (secondary N) is 1. The van der Waals surface area contributed by atoms with E-state index in [2.05, 4.69) is 18.3 Å². The van der Waals surface area contributed by atoms with E-state index in [9.17, 15) is 28.8 Å². The number of likely N-dealkylation sites (tertiary alicyclic amines) is 2. The van der Waals surface area contributed by atoms with Gasteiger partial charge in [0.15, 0.2) is 0 Å². The van der Waals surface area contributed by atoms with Gasteiger partial charge in [-0.05, 0) is 42.5 Å². The Labute approximate surface area is 231 Å². The van der Waals surface area contributed by atoms with Crippen molar-refractivity contribution < 1.29 is 28.8 Å². The number of hydrogen-bond donors (Lipinski definition) is 2. The van der Waals surface area contributed by atoms with Crippen LogP contribution in [0.1, 0.15) is 48.5 Å². The molecule has 5 aliphatic rings. The van der Waals surface area contributed by atoms with Crippen molar-refractivity contribution in [3.8, 4) is 0 Å². The Kier molecular flexibility index (Phi) is 7.14. The molecule has 3 unspecified atom stereocenters. The van der Waals surface area contributed by atoms with Crippen molar-refractivity contribution in [1.82, 2.24) is 20.0 Å². The third-order valence-electron chi connectivity index (χ3n) is 7.94. The number of nitrogens with two attached hydrogens (primary N) is 1. The molecular formula is C29H31N5O6. The molecule has 11 nitrogen and oxygen atoms in total. The van der Waals surface area contributed by atoms with Crippen LogP contribution in [0.2, 0.25) is 0 Å². The lowest BCUT2D eigenvalue weighted by Crippen LogP contribution is -2.53. The van der Waals surface area contributed by atoms with E-state index in [1.807, 2.05) is 18.2 Å². The number of anilines is 1. The number of carbonyl (C=O) groups is 6. The minimum Gasteiger partial charge on any atom is -0.398 e. The highest BCUT2D eigenvalue weighted by atomic mass is 16.2. The van der Waals surface area contributed by atoms with Crippen molar-refractivity contribution in [3.05, 3.63) is 64.8 Å². The minimum atomic E-state index is -0.572. The minimum absolute atomic E-state index is 0.121. The lowest BCUT2D eigenvalue weighted by atomic mass is 10.0. The second-order valence-corrected chi connectivity index (χ2v) is 10.6. The number of fused-ring (bicyclic) bond motifs is 2. The molecule has 4 heterocycles. The largest absolute Gasteiger partial charge is 0.398 e. The molecule has 3 N–H and O–H groups in total. The number of rotatable bonds is 2. The van der Waals surface area contributed by atoms with Crippen LogP contribution in [-0.4, -0.2) is 75.8 Å². The Morgan fingerprint density at radius 1 is 0.925 bits per heavy atom. The first kappa shape index (κ1) is 27.0. The van der Waals surface area contributed by atoms with Gasteiger partial charge in [-0.3, -0.25) is 39.0 Å². The molecule has 3 fully saturated rings. The summed E-state index contributed by atoms with van der Waals surface area (Å²) < 4.78 is 0. The maximum absolute atomic E-state index is 12.4. The quantitative estimate of drug-likeness (QED) is 0.417. The molecule has 1 aromatic carbocycles. The fourth-order valence-corrected chi connectivity index (χ4v) is 5.70. The van der Waals surface area contributed by atoms with Crippen LogP contribution in [0.15, 0.2) is 53.6 Å². The summed E-state index contributed by atoms with van der Waals surface area (Å²) in [6, 6.07) is 4.09. The van der Waals surface area contributed by atoms with Gasteiger partial charge in [0.25, 0.3) is 17.7 Å². The number of imide groups is 2. The molecular weight excluding hydrogens is 514 g/mol. The lowest BCUT2D eigenvalue weighted by molar-refractivity contribution is -0.150. The lowest BCUT2D eigenvalue weighted by Gasteiger charge is -2.33. The van der Waals surface area contributed by atoms with Gasteiger partial charge >= 0.3 is 0 Å². The van der Waals surface area contributed by atoms with Crippen LogP contribution in [0.3, 0.4) is 0 Å². The van der Waals surface area contributed by atoms with E-state index >= 15 is 0 Å². The molecule has 1 aliphatic carbocycles. The van der Waals surface area contributed by atoms with Crippen LogP contribution in [0.5, 0.6) is 0 Å². The zero-order valence-corrected chi connectivity index (χ0v) is 22.4. The molecule has 6 amide bonds. The summed E-state index contributed by atoms with van der Waals surface area (Å²) >= 11 is 0. The van der Waals surface area contributed by atoms with Crippen molar-refractivity contribution in [2.75, 3.05) is 19.3 Å². The van der Waals surface area contributed by atoms with E-state index in [1.165, 1.54) is 11.9 Å². The van der Waals surface area contributed by atoms with E-state index in [0.29, 0.717) is 42.8 Å². The second kappa shape index (κ2) is 10.6. The van der Waals surface area contributed by atoms with Gasteiger partial charge < -0.3 is 15.5 Å². The maximum Gasteiger partial charge on any atom is 0.255 e. The van der Waals surface area contributed by atoms with E-state index in [0.717, 1.165) is 16.0 Å². The van der Waals surface area contributed by atoms with Crippen molar-refractivity contribution in [2.45, 2.75) is 51.2 Å². The van der Waals surface area contributed by atoms with E-state index in [4.69, 9.17) is 5.73 Å². The molecule has 0 spiro atoms. The molecule has 11 heteroatoms. The Balaban J connectivity index is 0.000000161. The number of piperidine rings is 2. The summed E-state index contributed by atoms with van der Waals surface area (Å²) in [7, 11) is 1.46. The molecule has 0 saturated carbocycles. The number of hydrogen-bond acceptors (Lipinski definition) is 7. The number of benzene rings is 1. The highest BCUT2D eigenvalue weighted by Gasteiger charge is 2.42. The summed E-state index contributed by atoms with van der Waals surface area (Å²) in [5.74, 6) is -1.18. The van der Waals surface area contributed by atoms with Crippen molar-refractivity contribution in [2.24, 2.45) is 5.92 Å². The number of likely N-dealkylation sites (N-methyl/N-ethyl adjacent to an activating group) is 1. The van der Waals surface area contributed by atoms with E-state index in [-0.39, 0.29) is 54.2 Å². The number of amides is 6. The highest BCUT2D eigenvalue weighted by molar-refractivity contribution is 6.07. The van der Waals surface area contributed by atoms with Gasteiger partial charge in [0.2, 0.25) is 17.7 Å². The van der Waals surface area contributed by atoms with Crippen LogP contribution in [0, 0.1) is 5.92 Å². The third kappa shape index (κ3) is 4.83. The van der Waals surface area contributed by atoms with Crippen molar-refractivity contribution in [1.29, 1.82) is 0 Å². The fourth-order valence-electron chi connectivity index (χ4n) is 5.70. The van der Waals surface area contributed by atoms with Crippen LogP contribution < -0.4 is 11.1 Å². The summed E-state index contributed by atoms with van der Waals surface area (Å²) in [6.07, 6.45) is 9.13. The first-order valence-corrected chi connectivity index (χ1v) is 13.3. The second-order valence-electron chi connectivity index (χ2n) is 10.6. The molecule has 40 heavy (non-hydrogen) atoms. The average Bonchev–Trinajstić information content (AvgIpc) is 3.32. The topological polar surface area (TPSA) is 150 Å². The van der Waals surface area contributed by atoms with Crippen molar-refractivity contribution >= 4 is 41.1 Å². The number of carbonyl (C=O) groups excluding carboxylic acids is 6. The highest BCUT2D eigenvalue weighted by Crippen LogP contribution is 2.32. The SMILES string of the molecule is CC1C=CC=C2C(=O)N(C3CCC(=O)NC3=O)CC2=C1.CN1C(=O)CCC(N2Cc3c(N)cccc3C2=O)C1=O. The summed E-state index contributed by atoms with van der Waals surface area (Å²) in [4.78, 5) is 75.8. The maximum atomic E-state index is 12.4. The van der Waals surface area contributed by atoms with E-state index < -0.39 is 12.1 Å². The van der Waals surface area contributed by atoms with Crippen LogP contribution in [0.25, 0.3) is 0 Å². The Morgan fingerprint density at radius 2 is 1.65 bits per heavy atom. The first-order chi connectivity index (χ1) is 19.1. The predicted molar refractivity (Wildman–Crippen MR) is 144 cm³/mol. The van der Waals surface area contributed by atoms with Crippen LogP contribution in [-0.2, 0) is 30.5 Å². The van der Waals surface area contributed by atoms with Crippen LogP contribution >= 0.6 is 0 Å².